The van der Waals surface area contributed by atoms with Gasteiger partial charge in [0.05, 0.1) is 11.8 Å². The van der Waals surface area contributed by atoms with Crippen molar-refractivity contribution in [1.82, 2.24) is 10.2 Å². The lowest BCUT2D eigenvalue weighted by molar-refractivity contribution is 0.0928. The summed E-state index contributed by atoms with van der Waals surface area (Å²) >= 11 is 0. The van der Waals surface area contributed by atoms with Gasteiger partial charge in [0.25, 0.3) is 0 Å². The summed E-state index contributed by atoms with van der Waals surface area (Å²) in [6, 6.07) is 12.1. The molecule has 3 rings (SSSR count). The van der Waals surface area contributed by atoms with Gasteiger partial charge in [0, 0.05) is 13.1 Å². The molecule has 0 amide bonds. The van der Waals surface area contributed by atoms with Gasteiger partial charge in [-0.2, -0.15) is 10.4 Å². The Balaban J connectivity index is 1.72. The van der Waals surface area contributed by atoms with Crippen LogP contribution in [0.3, 0.4) is 0 Å². The van der Waals surface area contributed by atoms with Crippen molar-refractivity contribution in [3.63, 3.8) is 0 Å². The largest absolute Gasteiger partial charge is 0.388 e. The number of benzene rings is 1. The summed E-state index contributed by atoms with van der Waals surface area (Å²) in [4.78, 5) is 2.12. The van der Waals surface area contributed by atoms with Gasteiger partial charge < -0.3 is 10.0 Å². The van der Waals surface area contributed by atoms with Crippen LogP contribution in [0.2, 0.25) is 0 Å². The Morgan fingerprint density at radius 1 is 1.17 bits per heavy atom. The second-order valence-electron chi connectivity index (χ2n) is 6.40. The average molecular weight is 322 g/mol. The van der Waals surface area contributed by atoms with Crippen LogP contribution in [0.5, 0.6) is 0 Å². The van der Waals surface area contributed by atoms with E-state index in [1.165, 1.54) is 0 Å². The van der Waals surface area contributed by atoms with Crippen molar-refractivity contribution in [3.05, 3.63) is 52.7 Å². The zero-order valence-electron chi connectivity index (χ0n) is 14.1. The van der Waals surface area contributed by atoms with E-state index < -0.39 is 6.10 Å². The number of nitriles is 1. The summed E-state index contributed by atoms with van der Waals surface area (Å²) in [5.74, 6) is 0.905. The molecule has 0 saturated carbocycles. The number of aromatic nitrogens is 2. The smallest absolute Gasteiger partial charge is 0.169 e. The number of anilines is 1. The summed E-state index contributed by atoms with van der Waals surface area (Å²) < 4.78 is 0. The van der Waals surface area contributed by atoms with Gasteiger partial charge in [-0.15, -0.1) is 5.10 Å². The normalized spacial score (nSPS) is 16.7. The van der Waals surface area contributed by atoms with Crippen molar-refractivity contribution >= 4 is 5.82 Å². The first-order valence-corrected chi connectivity index (χ1v) is 8.33. The number of piperidine rings is 1. The summed E-state index contributed by atoms with van der Waals surface area (Å²) in [5, 5.41) is 28.5. The van der Waals surface area contributed by atoms with Crippen molar-refractivity contribution in [3.8, 4) is 6.07 Å². The third kappa shape index (κ3) is 3.10. The first kappa shape index (κ1) is 16.4. The van der Waals surface area contributed by atoms with Crippen molar-refractivity contribution in [2.75, 3.05) is 18.0 Å². The maximum Gasteiger partial charge on any atom is 0.169 e. The first-order valence-electron chi connectivity index (χ1n) is 8.33. The van der Waals surface area contributed by atoms with Crippen LogP contribution in [-0.2, 0) is 0 Å². The second-order valence-corrected chi connectivity index (χ2v) is 6.40. The molecule has 1 N–H and O–H groups in total. The summed E-state index contributed by atoms with van der Waals surface area (Å²) in [5.41, 5.74) is 3.28. The van der Waals surface area contributed by atoms with Gasteiger partial charge in [-0.05, 0) is 43.7 Å². The highest BCUT2D eigenvalue weighted by atomic mass is 16.3. The van der Waals surface area contributed by atoms with Crippen molar-refractivity contribution in [2.45, 2.75) is 32.8 Å². The van der Waals surface area contributed by atoms with Crippen LogP contribution in [0.15, 0.2) is 30.3 Å². The number of aliphatic hydroxyl groups excluding tert-OH is 1. The third-order valence-corrected chi connectivity index (χ3v) is 4.97. The van der Waals surface area contributed by atoms with Crippen LogP contribution < -0.4 is 4.90 Å². The number of nitrogens with zero attached hydrogens (tertiary/aromatic N) is 4. The monoisotopic (exact) mass is 322 g/mol. The van der Waals surface area contributed by atoms with Gasteiger partial charge >= 0.3 is 0 Å². The van der Waals surface area contributed by atoms with E-state index >= 15 is 0 Å². The SMILES string of the molecule is Cc1nnc(N2CCC(C(O)c3ccccc3)CC2)c(C#N)c1C. The van der Waals surface area contributed by atoms with E-state index in [1.807, 2.05) is 44.2 Å². The van der Waals surface area contributed by atoms with E-state index in [4.69, 9.17) is 0 Å². The minimum absolute atomic E-state index is 0.230. The Hall–Kier alpha value is -2.45. The highest BCUT2D eigenvalue weighted by Crippen LogP contribution is 2.33. The van der Waals surface area contributed by atoms with E-state index in [2.05, 4.69) is 21.2 Å². The molecule has 1 fully saturated rings. The van der Waals surface area contributed by atoms with E-state index in [9.17, 15) is 10.4 Å². The molecule has 1 atom stereocenters. The summed E-state index contributed by atoms with van der Waals surface area (Å²) in [7, 11) is 0. The van der Waals surface area contributed by atoms with Gasteiger partial charge in [0.2, 0.25) is 0 Å². The number of rotatable bonds is 3. The Morgan fingerprint density at radius 3 is 2.46 bits per heavy atom. The Kier molecular flexibility index (Phi) is 4.77. The van der Waals surface area contributed by atoms with E-state index in [-0.39, 0.29) is 5.92 Å². The molecule has 1 aromatic carbocycles. The van der Waals surface area contributed by atoms with Gasteiger partial charge in [-0.25, -0.2) is 0 Å². The minimum Gasteiger partial charge on any atom is -0.388 e. The lowest BCUT2D eigenvalue weighted by Crippen LogP contribution is -2.37. The highest BCUT2D eigenvalue weighted by Gasteiger charge is 2.28. The topological polar surface area (TPSA) is 73.0 Å². The fraction of sp³-hybridized carbons (Fsp3) is 0.421. The highest BCUT2D eigenvalue weighted by molar-refractivity contribution is 5.57. The molecule has 0 spiro atoms. The average Bonchev–Trinajstić information content (AvgIpc) is 2.64. The van der Waals surface area contributed by atoms with Crippen molar-refractivity contribution in [1.29, 1.82) is 5.26 Å². The van der Waals surface area contributed by atoms with E-state index in [0.29, 0.717) is 11.4 Å². The molecule has 2 aromatic rings. The molecule has 1 aliphatic rings. The molecule has 1 aromatic heterocycles. The van der Waals surface area contributed by atoms with E-state index in [0.717, 1.165) is 42.8 Å². The lowest BCUT2D eigenvalue weighted by Gasteiger charge is -2.35. The maximum atomic E-state index is 10.6. The van der Waals surface area contributed by atoms with Crippen molar-refractivity contribution < 1.29 is 5.11 Å². The molecule has 0 bridgehead atoms. The zero-order chi connectivity index (χ0) is 17.1. The zero-order valence-corrected chi connectivity index (χ0v) is 14.1. The Labute approximate surface area is 142 Å². The third-order valence-electron chi connectivity index (χ3n) is 4.97. The molecule has 2 heterocycles. The standard InChI is InChI=1S/C19H22N4O/c1-13-14(2)21-22-19(17(13)12-20)23-10-8-16(9-11-23)18(24)15-6-4-3-5-7-15/h3-7,16,18,24H,8-11H2,1-2H3. The van der Waals surface area contributed by atoms with Gasteiger partial charge in [-0.1, -0.05) is 30.3 Å². The quantitative estimate of drug-likeness (QED) is 0.940. The van der Waals surface area contributed by atoms with Crippen LogP contribution in [-0.4, -0.2) is 28.4 Å². The first-order chi connectivity index (χ1) is 11.6. The van der Waals surface area contributed by atoms with Gasteiger partial charge in [0.15, 0.2) is 5.82 Å². The second kappa shape index (κ2) is 6.98. The number of aryl methyl sites for hydroxylation is 1. The molecule has 1 saturated heterocycles. The van der Waals surface area contributed by atoms with Crippen LogP contribution in [0.25, 0.3) is 0 Å². The van der Waals surface area contributed by atoms with Crippen LogP contribution in [0, 0.1) is 31.1 Å². The van der Waals surface area contributed by atoms with Crippen LogP contribution in [0.4, 0.5) is 5.82 Å². The van der Waals surface area contributed by atoms with Crippen LogP contribution >= 0.6 is 0 Å². The molecule has 0 radical (unpaired) electrons. The number of hydrogen-bond donors (Lipinski definition) is 1. The maximum absolute atomic E-state index is 10.6. The number of aliphatic hydroxyl groups is 1. The Morgan fingerprint density at radius 2 is 1.83 bits per heavy atom. The molecule has 5 nitrogen and oxygen atoms in total. The molecular weight excluding hydrogens is 300 g/mol. The summed E-state index contributed by atoms with van der Waals surface area (Å²) in [6.07, 6.45) is 1.31. The molecule has 124 valence electrons. The predicted octanol–water partition coefficient (Wildman–Crippen LogP) is 2.92. The molecule has 0 aliphatic carbocycles. The van der Waals surface area contributed by atoms with Gasteiger partial charge in [-0.3, -0.25) is 0 Å². The Bertz CT molecular complexity index is 746. The summed E-state index contributed by atoms with van der Waals surface area (Å²) in [6.45, 7) is 5.34. The van der Waals surface area contributed by atoms with E-state index in [1.54, 1.807) is 0 Å². The number of hydrogen-bond acceptors (Lipinski definition) is 5. The lowest BCUT2D eigenvalue weighted by atomic mass is 9.87. The predicted molar refractivity (Wildman–Crippen MR) is 92.6 cm³/mol. The molecule has 24 heavy (non-hydrogen) atoms. The molecule has 1 unspecified atom stereocenters. The van der Waals surface area contributed by atoms with Gasteiger partial charge in [0.1, 0.15) is 11.6 Å². The van der Waals surface area contributed by atoms with Crippen LogP contribution in [0.1, 0.15) is 41.3 Å². The van der Waals surface area contributed by atoms with Crippen molar-refractivity contribution in [2.24, 2.45) is 5.92 Å². The fourth-order valence-corrected chi connectivity index (χ4v) is 3.30. The molecule has 1 aliphatic heterocycles. The molecular formula is C19H22N4O. The molecule has 5 heteroatoms. The minimum atomic E-state index is -0.436. The fourth-order valence-electron chi connectivity index (χ4n) is 3.30.